The predicted molar refractivity (Wildman–Crippen MR) is 90.0 cm³/mol. The molecule has 1 heterocycles. The third-order valence-corrected chi connectivity index (χ3v) is 3.50. The molecule has 0 aliphatic rings. The van der Waals surface area contributed by atoms with E-state index in [9.17, 15) is 4.79 Å². The molecule has 0 aliphatic heterocycles. The van der Waals surface area contributed by atoms with Gasteiger partial charge in [0.1, 0.15) is 5.75 Å². The number of hydrogen-bond acceptors (Lipinski definition) is 4. The Labute approximate surface area is 141 Å². The second-order valence-corrected chi connectivity index (χ2v) is 7.28. The van der Waals surface area contributed by atoms with Crippen LogP contribution in [0.1, 0.15) is 40.3 Å². The first-order chi connectivity index (χ1) is 10.6. The fourth-order valence-corrected chi connectivity index (χ4v) is 1.92. The fraction of sp³-hybridized carbons (Fsp3) is 0.412. The number of rotatable bonds is 4. The number of nitrogens with zero attached hydrogens (tertiary/aromatic N) is 1. The number of aromatic nitrogens is 1. The first-order valence-electron chi connectivity index (χ1n) is 7.31. The van der Waals surface area contributed by atoms with Crippen molar-refractivity contribution in [3.05, 3.63) is 41.0 Å². The van der Waals surface area contributed by atoms with Crippen LogP contribution < -0.4 is 10.1 Å². The van der Waals surface area contributed by atoms with E-state index in [1.807, 2.05) is 20.8 Å². The first-order valence-corrected chi connectivity index (χ1v) is 7.69. The summed E-state index contributed by atoms with van der Waals surface area (Å²) in [6.45, 7) is 9.41. The van der Waals surface area contributed by atoms with E-state index in [1.54, 1.807) is 44.2 Å². The van der Waals surface area contributed by atoms with Gasteiger partial charge in [-0.1, -0.05) is 37.5 Å². The lowest BCUT2D eigenvalue weighted by Gasteiger charge is -2.24. The van der Waals surface area contributed by atoms with Crippen LogP contribution in [0.25, 0.3) is 0 Å². The Morgan fingerprint density at radius 1 is 1.17 bits per heavy atom. The smallest absolute Gasteiger partial charge is 0.270 e. The number of carbonyl (C=O) groups is 1. The summed E-state index contributed by atoms with van der Waals surface area (Å²) in [5.74, 6) is 0.527. The van der Waals surface area contributed by atoms with Crippen LogP contribution in [0.3, 0.4) is 0 Å². The lowest BCUT2D eigenvalue weighted by Crippen LogP contribution is -2.42. The Kier molecular flexibility index (Phi) is 4.71. The van der Waals surface area contributed by atoms with Gasteiger partial charge in [-0.3, -0.25) is 10.1 Å². The standard InChI is InChI=1S/C17H21ClN2O3/c1-16(2,3)13-10-14(23-20-13)19-15(21)17(4,5)22-12-8-6-11(18)7-9-12/h6-10H,1-5H3,(H,19,21). The second kappa shape index (κ2) is 6.24. The zero-order chi connectivity index (χ0) is 17.3. The van der Waals surface area contributed by atoms with Crippen LogP contribution in [0.2, 0.25) is 5.02 Å². The fourth-order valence-electron chi connectivity index (χ4n) is 1.79. The lowest BCUT2D eigenvalue weighted by molar-refractivity contribution is -0.128. The minimum atomic E-state index is -1.08. The monoisotopic (exact) mass is 336 g/mol. The van der Waals surface area contributed by atoms with Crippen LogP contribution in [-0.2, 0) is 10.2 Å². The van der Waals surface area contributed by atoms with Crippen LogP contribution in [0.15, 0.2) is 34.9 Å². The number of nitrogens with one attached hydrogen (secondary N) is 1. The second-order valence-electron chi connectivity index (χ2n) is 6.85. The number of halogens is 1. The molecule has 0 bridgehead atoms. The van der Waals surface area contributed by atoms with Gasteiger partial charge in [0.05, 0.1) is 5.69 Å². The molecule has 0 radical (unpaired) electrons. The van der Waals surface area contributed by atoms with E-state index in [0.29, 0.717) is 16.7 Å². The van der Waals surface area contributed by atoms with Gasteiger partial charge in [0.25, 0.3) is 5.91 Å². The van der Waals surface area contributed by atoms with Crippen LogP contribution in [0.4, 0.5) is 5.88 Å². The van der Waals surface area contributed by atoms with Gasteiger partial charge in [0.2, 0.25) is 5.88 Å². The molecule has 0 saturated heterocycles. The maximum atomic E-state index is 12.4. The molecule has 2 aromatic rings. The average Bonchev–Trinajstić information content (AvgIpc) is 2.89. The van der Waals surface area contributed by atoms with Crippen molar-refractivity contribution in [2.75, 3.05) is 5.32 Å². The minimum Gasteiger partial charge on any atom is -0.478 e. The van der Waals surface area contributed by atoms with Gasteiger partial charge in [0, 0.05) is 16.5 Å². The molecular formula is C17H21ClN2O3. The highest BCUT2D eigenvalue weighted by Crippen LogP contribution is 2.25. The van der Waals surface area contributed by atoms with E-state index in [1.165, 1.54) is 0 Å². The van der Waals surface area contributed by atoms with E-state index in [0.717, 1.165) is 5.69 Å². The van der Waals surface area contributed by atoms with Crippen molar-refractivity contribution in [2.24, 2.45) is 0 Å². The molecule has 0 aliphatic carbocycles. The van der Waals surface area contributed by atoms with Gasteiger partial charge in [-0.05, 0) is 38.1 Å². The van der Waals surface area contributed by atoms with Gasteiger partial charge >= 0.3 is 0 Å². The zero-order valence-corrected chi connectivity index (χ0v) is 14.7. The quantitative estimate of drug-likeness (QED) is 0.897. The normalized spacial score (nSPS) is 12.1. The summed E-state index contributed by atoms with van der Waals surface area (Å²) < 4.78 is 10.9. The SMILES string of the molecule is CC(C)(Oc1ccc(Cl)cc1)C(=O)Nc1cc(C(C)(C)C)no1. The number of anilines is 1. The first kappa shape index (κ1) is 17.3. The molecule has 6 heteroatoms. The molecule has 1 N–H and O–H groups in total. The summed E-state index contributed by atoms with van der Waals surface area (Å²) in [5.41, 5.74) is -0.464. The molecule has 1 aromatic heterocycles. The summed E-state index contributed by atoms with van der Waals surface area (Å²) >= 11 is 5.84. The van der Waals surface area contributed by atoms with Crippen molar-refractivity contribution in [1.29, 1.82) is 0 Å². The molecule has 0 saturated carbocycles. The highest BCUT2D eigenvalue weighted by molar-refractivity contribution is 6.30. The van der Waals surface area contributed by atoms with E-state index >= 15 is 0 Å². The molecular weight excluding hydrogens is 316 g/mol. The van der Waals surface area contributed by atoms with E-state index in [4.69, 9.17) is 20.9 Å². The molecule has 0 spiro atoms. The Morgan fingerprint density at radius 3 is 2.30 bits per heavy atom. The highest BCUT2D eigenvalue weighted by Gasteiger charge is 2.31. The van der Waals surface area contributed by atoms with Crippen molar-refractivity contribution in [3.63, 3.8) is 0 Å². The maximum absolute atomic E-state index is 12.4. The number of hydrogen-bond donors (Lipinski definition) is 1. The summed E-state index contributed by atoms with van der Waals surface area (Å²) in [6.07, 6.45) is 0. The van der Waals surface area contributed by atoms with Crippen molar-refractivity contribution in [1.82, 2.24) is 5.16 Å². The van der Waals surface area contributed by atoms with E-state index in [-0.39, 0.29) is 11.3 Å². The Balaban J connectivity index is 2.06. The van der Waals surface area contributed by atoms with Crippen molar-refractivity contribution in [2.45, 2.75) is 45.6 Å². The van der Waals surface area contributed by atoms with E-state index in [2.05, 4.69) is 10.5 Å². The molecule has 1 aromatic carbocycles. The minimum absolute atomic E-state index is 0.151. The molecule has 23 heavy (non-hydrogen) atoms. The molecule has 0 unspecified atom stereocenters. The van der Waals surface area contributed by atoms with Crippen molar-refractivity contribution < 1.29 is 14.1 Å². The molecule has 124 valence electrons. The number of amides is 1. The Bertz CT molecular complexity index is 685. The van der Waals surface area contributed by atoms with Crippen molar-refractivity contribution >= 4 is 23.4 Å². The summed E-state index contributed by atoms with van der Waals surface area (Å²) in [6, 6.07) is 8.55. The van der Waals surface area contributed by atoms with E-state index < -0.39 is 5.60 Å². The van der Waals surface area contributed by atoms with Crippen LogP contribution in [0, 0.1) is 0 Å². The van der Waals surface area contributed by atoms with Crippen LogP contribution in [0.5, 0.6) is 5.75 Å². The molecule has 0 atom stereocenters. The third kappa shape index (κ3) is 4.48. The lowest BCUT2D eigenvalue weighted by atomic mass is 9.92. The van der Waals surface area contributed by atoms with Gasteiger partial charge in [-0.15, -0.1) is 0 Å². The number of carbonyl (C=O) groups excluding carboxylic acids is 1. The van der Waals surface area contributed by atoms with Crippen LogP contribution in [-0.4, -0.2) is 16.7 Å². The zero-order valence-electron chi connectivity index (χ0n) is 13.9. The predicted octanol–water partition coefficient (Wildman–Crippen LogP) is 4.42. The third-order valence-electron chi connectivity index (χ3n) is 3.25. The highest BCUT2D eigenvalue weighted by atomic mass is 35.5. The topological polar surface area (TPSA) is 64.4 Å². The summed E-state index contributed by atoms with van der Waals surface area (Å²) in [4.78, 5) is 12.4. The number of ether oxygens (including phenoxy) is 1. The maximum Gasteiger partial charge on any atom is 0.270 e. The van der Waals surface area contributed by atoms with Gasteiger partial charge in [-0.2, -0.15) is 0 Å². The Hall–Kier alpha value is -2.01. The molecule has 0 fully saturated rings. The Morgan fingerprint density at radius 2 is 1.78 bits per heavy atom. The molecule has 5 nitrogen and oxygen atoms in total. The average molecular weight is 337 g/mol. The van der Waals surface area contributed by atoms with Crippen molar-refractivity contribution in [3.8, 4) is 5.75 Å². The largest absolute Gasteiger partial charge is 0.478 e. The number of benzene rings is 1. The van der Waals surface area contributed by atoms with Crippen LogP contribution >= 0.6 is 11.6 Å². The van der Waals surface area contributed by atoms with Gasteiger partial charge < -0.3 is 9.26 Å². The van der Waals surface area contributed by atoms with Gasteiger partial charge in [0.15, 0.2) is 5.60 Å². The van der Waals surface area contributed by atoms with Gasteiger partial charge in [-0.25, -0.2) is 0 Å². The molecule has 1 amide bonds. The summed E-state index contributed by atoms with van der Waals surface area (Å²) in [5, 5.41) is 7.27. The summed E-state index contributed by atoms with van der Waals surface area (Å²) in [7, 11) is 0. The molecule has 2 rings (SSSR count).